The van der Waals surface area contributed by atoms with E-state index in [2.05, 4.69) is 0 Å². The van der Waals surface area contributed by atoms with Crippen molar-refractivity contribution in [3.8, 4) is 0 Å². The van der Waals surface area contributed by atoms with Crippen molar-refractivity contribution in [2.24, 2.45) is 0 Å². The lowest BCUT2D eigenvalue weighted by Gasteiger charge is -2.15. The lowest BCUT2D eigenvalue weighted by molar-refractivity contribution is 0.460. The van der Waals surface area contributed by atoms with Gasteiger partial charge in [-0.25, -0.2) is 17.6 Å². The smallest absolute Gasteiger partial charge is 0.188 e. The molecule has 0 saturated heterocycles. The molecule has 0 heterocycles. The molecule has 0 saturated carbocycles. The van der Waals surface area contributed by atoms with Gasteiger partial charge in [-0.2, -0.15) is 11.1 Å². The summed E-state index contributed by atoms with van der Waals surface area (Å²) < 4.78 is 51.5. The Balaban J connectivity index is 3.56. The molecule has 1 aromatic rings. The molecule has 0 atom stereocenters. The number of hydrogen-bond acceptors (Lipinski definition) is 0. The SMILES string of the molecule is C[Si](C)(Cl)c1c(F)c(F)[c]c(F)c1F. The maximum absolute atomic E-state index is 13.1. The fourth-order valence-corrected chi connectivity index (χ4v) is 2.81. The van der Waals surface area contributed by atoms with Crippen LogP contribution < -0.4 is 5.19 Å². The summed E-state index contributed by atoms with van der Waals surface area (Å²) in [6.45, 7) is 2.74. The molecule has 0 bridgehead atoms. The van der Waals surface area contributed by atoms with Crippen LogP contribution in [0.1, 0.15) is 0 Å². The van der Waals surface area contributed by atoms with E-state index >= 15 is 0 Å². The van der Waals surface area contributed by atoms with Gasteiger partial charge in [0.25, 0.3) is 0 Å². The van der Waals surface area contributed by atoms with Gasteiger partial charge in [0, 0.05) is 5.19 Å². The zero-order valence-electron chi connectivity index (χ0n) is 7.39. The summed E-state index contributed by atoms with van der Waals surface area (Å²) >= 11 is 5.72. The van der Waals surface area contributed by atoms with E-state index < -0.39 is 35.8 Å². The fourth-order valence-electron chi connectivity index (χ4n) is 1.04. The molecule has 1 radical (unpaired) electrons. The third-order valence-electron chi connectivity index (χ3n) is 1.64. The zero-order valence-corrected chi connectivity index (χ0v) is 9.15. The summed E-state index contributed by atoms with van der Waals surface area (Å²) in [5.74, 6) is -5.98. The average molecular weight is 242 g/mol. The van der Waals surface area contributed by atoms with Crippen molar-refractivity contribution in [3.63, 3.8) is 0 Å². The highest BCUT2D eigenvalue weighted by Gasteiger charge is 2.32. The van der Waals surface area contributed by atoms with E-state index in [0.29, 0.717) is 0 Å². The van der Waals surface area contributed by atoms with Crippen molar-refractivity contribution >= 4 is 23.6 Å². The minimum atomic E-state index is -2.96. The lowest BCUT2D eigenvalue weighted by atomic mass is 10.3. The molecule has 1 rings (SSSR count). The summed E-state index contributed by atoms with van der Waals surface area (Å²) in [5.41, 5.74) is 0. The highest BCUT2D eigenvalue weighted by molar-refractivity contribution is 7.26. The van der Waals surface area contributed by atoms with Gasteiger partial charge >= 0.3 is 0 Å². The second kappa shape index (κ2) is 3.55. The Morgan fingerprint density at radius 3 is 1.64 bits per heavy atom. The van der Waals surface area contributed by atoms with E-state index in [1.165, 1.54) is 19.2 Å². The molecule has 0 fully saturated rings. The second-order valence-electron chi connectivity index (χ2n) is 3.23. The quantitative estimate of drug-likeness (QED) is 0.307. The largest absolute Gasteiger partial charge is 0.204 e. The molecule has 1 aromatic carbocycles. The van der Waals surface area contributed by atoms with Gasteiger partial charge in [-0.15, -0.1) is 0 Å². The van der Waals surface area contributed by atoms with Crippen molar-refractivity contribution in [1.29, 1.82) is 0 Å². The van der Waals surface area contributed by atoms with Gasteiger partial charge in [-0.1, -0.05) is 13.1 Å². The molecule has 0 aromatic heterocycles. The predicted octanol–water partition coefficient (Wildman–Crippen LogP) is 2.69. The average Bonchev–Trinajstić information content (AvgIpc) is 1.98. The minimum Gasteiger partial charge on any atom is -0.204 e. The molecule has 0 nitrogen and oxygen atoms in total. The lowest BCUT2D eigenvalue weighted by Crippen LogP contribution is -2.41. The van der Waals surface area contributed by atoms with Crippen LogP contribution in [-0.4, -0.2) is 7.38 Å². The third kappa shape index (κ3) is 1.93. The normalized spacial score (nSPS) is 11.9. The van der Waals surface area contributed by atoms with Crippen molar-refractivity contribution in [3.05, 3.63) is 29.3 Å². The first-order valence-corrected chi connectivity index (χ1v) is 7.71. The first-order valence-electron chi connectivity index (χ1n) is 3.69. The Hall–Kier alpha value is -0.553. The summed E-state index contributed by atoms with van der Waals surface area (Å²) in [7, 11) is -2.96. The van der Waals surface area contributed by atoms with E-state index in [1.54, 1.807) is 0 Å². The van der Waals surface area contributed by atoms with Crippen LogP contribution in [0.3, 0.4) is 0 Å². The van der Waals surface area contributed by atoms with Gasteiger partial charge in [0.2, 0.25) is 0 Å². The molecule has 6 heteroatoms. The minimum absolute atomic E-state index is 0.687. The topological polar surface area (TPSA) is 0 Å². The molecule has 77 valence electrons. The molecule has 0 unspecified atom stereocenters. The Morgan fingerprint density at radius 2 is 1.36 bits per heavy atom. The molecule has 0 spiro atoms. The molecule has 14 heavy (non-hydrogen) atoms. The van der Waals surface area contributed by atoms with Gasteiger partial charge in [-0.05, 0) is 0 Å². The van der Waals surface area contributed by atoms with Crippen LogP contribution in [-0.2, 0) is 0 Å². The summed E-state index contributed by atoms with van der Waals surface area (Å²) in [6, 6.07) is 1.30. The Kier molecular flexibility index (Phi) is 2.92. The first kappa shape index (κ1) is 11.5. The van der Waals surface area contributed by atoms with Crippen LogP contribution >= 0.6 is 11.1 Å². The summed E-state index contributed by atoms with van der Waals surface area (Å²) in [5, 5.41) is -0.687. The molecular formula is C8H6ClF4Si. The number of benzene rings is 1. The van der Waals surface area contributed by atoms with Gasteiger partial charge in [0.15, 0.2) is 30.7 Å². The molecule has 0 amide bonds. The summed E-state index contributed by atoms with van der Waals surface area (Å²) in [6.07, 6.45) is 0. The summed E-state index contributed by atoms with van der Waals surface area (Å²) in [4.78, 5) is 0. The van der Waals surface area contributed by atoms with E-state index in [1.807, 2.05) is 0 Å². The number of hydrogen-bond donors (Lipinski definition) is 0. The Bertz CT molecular complexity index is 346. The van der Waals surface area contributed by atoms with Crippen molar-refractivity contribution in [2.45, 2.75) is 13.1 Å². The molecule has 0 aliphatic heterocycles. The van der Waals surface area contributed by atoms with E-state index in [4.69, 9.17) is 11.1 Å². The zero-order chi connectivity index (χ0) is 11.1. The molecule has 0 N–H and O–H groups in total. The van der Waals surface area contributed by atoms with Gasteiger partial charge in [0.1, 0.15) is 0 Å². The van der Waals surface area contributed by atoms with E-state index in [-0.39, 0.29) is 0 Å². The van der Waals surface area contributed by atoms with Crippen molar-refractivity contribution in [2.75, 3.05) is 0 Å². The predicted molar refractivity (Wildman–Crippen MR) is 48.1 cm³/mol. The van der Waals surface area contributed by atoms with Crippen LogP contribution in [0.15, 0.2) is 0 Å². The van der Waals surface area contributed by atoms with Crippen LogP contribution in [0.2, 0.25) is 13.1 Å². The van der Waals surface area contributed by atoms with E-state index in [9.17, 15) is 17.6 Å². The van der Waals surface area contributed by atoms with Crippen LogP contribution in [0.25, 0.3) is 0 Å². The van der Waals surface area contributed by atoms with Gasteiger partial charge in [-0.3, -0.25) is 0 Å². The third-order valence-corrected chi connectivity index (χ3v) is 3.83. The van der Waals surface area contributed by atoms with Crippen molar-refractivity contribution < 1.29 is 17.6 Å². The number of rotatable bonds is 1. The molecule has 0 aliphatic rings. The monoisotopic (exact) mass is 241 g/mol. The van der Waals surface area contributed by atoms with E-state index in [0.717, 1.165) is 0 Å². The maximum atomic E-state index is 13.1. The van der Waals surface area contributed by atoms with Gasteiger partial charge < -0.3 is 0 Å². The Morgan fingerprint density at radius 1 is 1.00 bits per heavy atom. The maximum Gasteiger partial charge on any atom is 0.188 e. The first-order chi connectivity index (χ1) is 6.25. The van der Waals surface area contributed by atoms with Crippen LogP contribution in [0.5, 0.6) is 0 Å². The highest BCUT2D eigenvalue weighted by Crippen LogP contribution is 2.17. The van der Waals surface area contributed by atoms with Gasteiger partial charge in [0.05, 0.1) is 6.07 Å². The number of halogens is 5. The Labute approximate surface area is 84.2 Å². The molecule has 0 aliphatic carbocycles. The second-order valence-corrected chi connectivity index (χ2v) is 9.51. The standard InChI is InChI=1S/C8H6ClF4Si/c1-14(2,9)8-6(12)4(10)3-5(11)7(8)13/h1-2H3. The highest BCUT2D eigenvalue weighted by atomic mass is 35.6. The van der Waals surface area contributed by atoms with Crippen LogP contribution in [0.4, 0.5) is 17.6 Å². The van der Waals surface area contributed by atoms with Crippen molar-refractivity contribution in [1.82, 2.24) is 0 Å². The van der Waals surface area contributed by atoms with Crippen LogP contribution in [0, 0.1) is 29.3 Å². The molecular weight excluding hydrogens is 236 g/mol. The fraction of sp³-hybridized carbons (Fsp3) is 0.250.